The van der Waals surface area contributed by atoms with Crippen molar-refractivity contribution in [2.45, 2.75) is 58.7 Å². The maximum atomic E-state index is 14.1. The molecule has 2 fully saturated rings. The molecule has 240 valence electrons. The lowest BCUT2D eigenvalue weighted by molar-refractivity contribution is -0.141. The number of fused-ring (bicyclic) bond motifs is 1. The van der Waals surface area contributed by atoms with Gasteiger partial charge in [-0.1, -0.05) is 6.07 Å². The Labute approximate surface area is 271 Å². The topological polar surface area (TPSA) is 139 Å². The molecule has 6 heterocycles. The third-order valence-electron chi connectivity index (χ3n) is 8.61. The summed E-state index contributed by atoms with van der Waals surface area (Å²) in [4.78, 5) is 60.9. The second-order valence-electron chi connectivity index (χ2n) is 12.0. The van der Waals surface area contributed by atoms with E-state index >= 15 is 0 Å². The molecule has 2 aliphatic rings. The lowest BCUT2D eigenvalue weighted by atomic mass is 9.97. The molecule has 15 heteroatoms. The summed E-state index contributed by atoms with van der Waals surface area (Å²) in [6, 6.07) is 3.97. The van der Waals surface area contributed by atoms with Crippen LogP contribution in [0.3, 0.4) is 0 Å². The van der Waals surface area contributed by atoms with Crippen molar-refractivity contribution in [3.05, 3.63) is 58.5 Å². The molecule has 4 aromatic heterocycles. The summed E-state index contributed by atoms with van der Waals surface area (Å²) in [5.41, 5.74) is 2.59. The fraction of sp³-hybridized carbons (Fsp3) is 0.419. The van der Waals surface area contributed by atoms with E-state index in [1.165, 1.54) is 16.5 Å². The molecule has 0 aliphatic carbocycles. The second-order valence-corrected chi connectivity index (χ2v) is 12.8. The summed E-state index contributed by atoms with van der Waals surface area (Å²) in [5, 5.41) is 7.85. The number of nitrogens with one attached hydrogen (secondary N) is 1. The van der Waals surface area contributed by atoms with Crippen LogP contribution in [0.25, 0.3) is 22.2 Å². The minimum Gasteiger partial charge on any atom is -0.326 e. The Morgan fingerprint density at radius 3 is 2.48 bits per heavy atom. The molecule has 4 aromatic rings. The number of alkyl halides is 2. The van der Waals surface area contributed by atoms with Crippen molar-refractivity contribution in [3.8, 4) is 11.3 Å². The fourth-order valence-electron chi connectivity index (χ4n) is 6.21. The van der Waals surface area contributed by atoms with Crippen LogP contribution in [0.15, 0.2) is 41.4 Å². The number of likely N-dealkylation sites (tertiary alicyclic amines) is 2. The Hall–Kier alpha value is -4.24. The molecular formula is C31H32BrF2N9O3. The zero-order valence-corrected chi connectivity index (χ0v) is 27.3. The van der Waals surface area contributed by atoms with Gasteiger partial charge in [0, 0.05) is 42.9 Å². The largest absolute Gasteiger partial charge is 0.326 e. The molecule has 3 atom stereocenters. The number of Topliss-reactive ketones (excluding diaryl/α,β-unsaturated/α-hetero) is 1. The molecule has 2 aliphatic heterocycles. The number of rotatable bonds is 8. The molecule has 0 unspecified atom stereocenters. The second kappa shape index (κ2) is 12.2. The maximum Gasteiger partial charge on any atom is 0.272 e. The lowest BCUT2D eigenvalue weighted by Crippen LogP contribution is -2.57. The van der Waals surface area contributed by atoms with Crippen molar-refractivity contribution in [2.75, 3.05) is 25.0 Å². The Bertz CT molecular complexity index is 1840. The molecule has 46 heavy (non-hydrogen) atoms. The van der Waals surface area contributed by atoms with Gasteiger partial charge in [0.2, 0.25) is 11.8 Å². The van der Waals surface area contributed by atoms with Gasteiger partial charge < -0.3 is 10.2 Å². The first-order valence-electron chi connectivity index (χ1n) is 14.8. The van der Waals surface area contributed by atoms with Crippen molar-refractivity contribution in [3.63, 3.8) is 0 Å². The van der Waals surface area contributed by atoms with Gasteiger partial charge in [-0.25, -0.2) is 23.7 Å². The van der Waals surface area contributed by atoms with Crippen LogP contribution in [-0.4, -0.2) is 94.8 Å². The van der Waals surface area contributed by atoms with Gasteiger partial charge in [0.1, 0.15) is 34.5 Å². The molecular weight excluding hydrogens is 664 g/mol. The SMILES string of the molecule is CC(=O)c1nn(CC(=O)N2[C@H](C)[C@@H](CN3CC(F)(F)C3)C[C@H]2C(=O)Nc2nc(Br)ccc2C)c2cnc(-c3cnc(C)nc3)cc12. The normalized spacial score (nSPS) is 20.9. The predicted molar refractivity (Wildman–Crippen MR) is 168 cm³/mol. The van der Waals surface area contributed by atoms with E-state index in [-0.39, 0.29) is 43.5 Å². The van der Waals surface area contributed by atoms with E-state index in [2.05, 4.69) is 46.3 Å². The number of halogens is 3. The fourth-order valence-corrected chi connectivity index (χ4v) is 6.52. The van der Waals surface area contributed by atoms with E-state index < -0.39 is 29.8 Å². The number of nitrogens with zero attached hydrogens (tertiary/aromatic N) is 8. The maximum absolute atomic E-state index is 14.1. The minimum atomic E-state index is -2.73. The monoisotopic (exact) mass is 695 g/mol. The highest BCUT2D eigenvalue weighted by atomic mass is 79.9. The van der Waals surface area contributed by atoms with Gasteiger partial charge in [-0.15, -0.1) is 0 Å². The summed E-state index contributed by atoms with van der Waals surface area (Å²) in [6.45, 7) is 6.17. The van der Waals surface area contributed by atoms with Crippen molar-refractivity contribution >= 4 is 50.2 Å². The van der Waals surface area contributed by atoms with E-state index in [1.54, 1.807) is 48.6 Å². The van der Waals surface area contributed by atoms with Crippen LogP contribution in [0.2, 0.25) is 0 Å². The molecule has 12 nitrogen and oxygen atoms in total. The summed E-state index contributed by atoms with van der Waals surface area (Å²) >= 11 is 3.33. The molecule has 6 rings (SSSR count). The van der Waals surface area contributed by atoms with E-state index in [9.17, 15) is 23.2 Å². The Morgan fingerprint density at radius 1 is 1.09 bits per heavy atom. The Balaban J connectivity index is 1.29. The van der Waals surface area contributed by atoms with Crippen molar-refractivity contribution in [2.24, 2.45) is 5.92 Å². The number of aromatic nitrogens is 6. The number of hydrogen-bond acceptors (Lipinski definition) is 9. The smallest absolute Gasteiger partial charge is 0.272 e. The first kappa shape index (κ1) is 31.7. The number of carbonyl (C=O) groups is 3. The molecule has 0 spiro atoms. The van der Waals surface area contributed by atoms with Crippen LogP contribution < -0.4 is 5.32 Å². The van der Waals surface area contributed by atoms with E-state index in [4.69, 9.17) is 0 Å². The Kier molecular flexibility index (Phi) is 8.40. The third-order valence-corrected chi connectivity index (χ3v) is 9.05. The predicted octanol–water partition coefficient (Wildman–Crippen LogP) is 4.06. The number of ketones is 1. The average Bonchev–Trinajstić information content (AvgIpc) is 3.51. The molecule has 0 radical (unpaired) electrons. The highest BCUT2D eigenvalue weighted by Crippen LogP contribution is 2.36. The van der Waals surface area contributed by atoms with E-state index in [1.807, 2.05) is 13.8 Å². The van der Waals surface area contributed by atoms with Crippen LogP contribution >= 0.6 is 15.9 Å². The number of carbonyl (C=O) groups excluding carboxylic acids is 3. The zero-order chi connectivity index (χ0) is 32.9. The standard InChI is InChI=1S/C31H32BrF2N9O3/c1-16-5-6-26(32)38-29(16)39-30(46)24-7-20(12-41-14-31(33,34)15-41)17(2)43(24)27(45)13-42-25-11-37-23(21-9-35-19(4)36-10-21)8-22(25)28(40-42)18(3)44/h5-6,8-11,17,20,24H,7,12-15H2,1-4H3,(H,38,39,46)/t17-,20-,24+/m1/s1. The average molecular weight is 697 g/mol. The number of pyridine rings is 2. The highest BCUT2D eigenvalue weighted by Gasteiger charge is 2.49. The molecule has 0 saturated carbocycles. The summed E-state index contributed by atoms with van der Waals surface area (Å²) in [7, 11) is 0. The first-order valence-corrected chi connectivity index (χ1v) is 15.6. The van der Waals surface area contributed by atoms with Gasteiger partial charge in [0.15, 0.2) is 5.78 Å². The molecule has 2 amide bonds. The molecule has 0 bridgehead atoms. The van der Waals surface area contributed by atoms with Crippen LogP contribution in [-0.2, 0) is 16.1 Å². The number of hydrogen-bond donors (Lipinski definition) is 1. The van der Waals surface area contributed by atoms with Crippen molar-refractivity contribution in [1.29, 1.82) is 0 Å². The molecule has 0 aromatic carbocycles. The minimum absolute atomic E-state index is 0.177. The van der Waals surface area contributed by atoms with Crippen LogP contribution in [0.4, 0.5) is 14.6 Å². The molecule has 2 saturated heterocycles. The van der Waals surface area contributed by atoms with Gasteiger partial charge in [0.05, 0.1) is 30.5 Å². The highest BCUT2D eigenvalue weighted by molar-refractivity contribution is 9.10. The number of anilines is 1. The van der Waals surface area contributed by atoms with Crippen molar-refractivity contribution < 1.29 is 23.2 Å². The van der Waals surface area contributed by atoms with Gasteiger partial charge >= 0.3 is 0 Å². The summed E-state index contributed by atoms with van der Waals surface area (Å²) in [6.07, 6.45) is 5.11. The van der Waals surface area contributed by atoms with Crippen LogP contribution in [0.1, 0.15) is 42.1 Å². The van der Waals surface area contributed by atoms with Gasteiger partial charge in [0.25, 0.3) is 5.92 Å². The van der Waals surface area contributed by atoms with E-state index in [0.29, 0.717) is 45.0 Å². The van der Waals surface area contributed by atoms with Crippen LogP contribution in [0.5, 0.6) is 0 Å². The van der Waals surface area contributed by atoms with E-state index in [0.717, 1.165) is 5.56 Å². The van der Waals surface area contributed by atoms with Crippen LogP contribution in [0, 0.1) is 19.8 Å². The lowest BCUT2D eigenvalue weighted by Gasteiger charge is -2.40. The van der Waals surface area contributed by atoms with Crippen molar-refractivity contribution in [1.82, 2.24) is 39.5 Å². The first-order chi connectivity index (χ1) is 21.8. The number of aryl methyl sites for hydroxylation is 2. The van der Waals surface area contributed by atoms with Gasteiger partial charge in [-0.05, 0) is 66.7 Å². The third kappa shape index (κ3) is 6.25. The van der Waals surface area contributed by atoms with Gasteiger partial charge in [-0.3, -0.25) is 28.9 Å². The Morgan fingerprint density at radius 2 is 1.80 bits per heavy atom. The van der Waals surface area contributed by atoms with Gasteiger partial charge in [-0.2, -0.15) is 5.10 Å². The zero-order valence-electron chi connectivity index (χ0n) is 25.7. The quantitative estimate of drug-likeness (QED) is 0.214. The molecule has 1 N–H and O–H groups in total. The summed E-state index contributed by atoms with van der Waals surface area (Å²) in [5.74, 6) is -3.11. The number of amides is 2. The summed E-state index contributed by atoms with van der Waals surface area (Å²) < 4.78 is 29.2.